The van der Waals surface area contributed by atoms with Crippen LogP contribution in [0.25, 0.3) is 0 Å². The van der Waals surface area contributed by atoms with Gasteiger partial charge in [0.15, 0.2) is 5.82 Å². The molecule has 0 unspecified atom stereocenters. The molecule has 0 radical (unpaired) electrons. The van der Waals surface area contributed by atoms with Crippen LogP contribution >= 0.6 is 0 Å². The fraction of sp³-hybridized carbons (Fsp3) is 0.600. The summed E-state index contributed by atoms with van der Waals surface area (Å²) in [5.74, 6) is -0.123. The van der Waals surface area contributed by atoms with Crippen molar-refractivity contribution in [3.05, 3.63) is 11.7 Å². The lowest BCUT2D eigenvalue weighted by atomic mass is 10.4. The van der Waals surface area contributed by atoms with Crippen molar-refractivity contribution in [3.8, 4) is 0 Å². The first-order chi connectivity index (χ1) is 8.52. The monoisotopic (exact) mass is 256 g/mol. The summed E-state index contributed by atoms with van der Waals surface area (Å²) in [5, 5.41) is 14.8. The minimum Gasteiger partial charge on any atom is -0.481 e. The van der Waals surface area contributed by atoms with E-state index in [4.69, 9.17) is 9.63 Å². The number of rotatable bonds is 6. The molecule has 0 aromatic carbocycles. The molecule has 1 aromatic rings. The third kappa shape index (κ3) is 4.40. The molecule has 1 rings (SSSR count). The Morgan fingerprint density at radius 1 is 1.50 bits per heavy atom. The summed E-state index contributed by atoms with van der Waals surface area (Å²) < 4.78 is 4.76. The Kier molecular flexibility index (Phi) is 5.09. The zero-order valence-electron chi connectivity index (χ0n) is 10.3. The van der Waals surface area contributed by atoms with Gasteiger partial charge in [0.05, 0.1) is 13.0 Å². The van der Waals surface area contributed by atoms with Gasteiger partial charge in [-0.15, -0.1) is 0 Å². The van der Waals surface area contributed by atoms with Crippen LogP contribution in [0.4, 0.5) is 4.79 Å². The van der Waals surface area contributed by atoms with Crippen LogP contribution in [0.1, 0.15) is 25.1 Å². The molecule has 2 amide bonds. The zero-order valence-corrected chi connectivity index (χ0v) is 10.3. The average molecular weight is 256 g/mol. The minimum absolute atomic E-state index is 0.0808. The topological polar surface area (TPSA) is 109 Å². The molecular weight excluding hydrogens is 240 g/mol. The van der Waals surface area contributed by atoms with E-state index in [1.165, 1.54) is 4.90 Å². The molecule has 1 aromatic heterocycles. The van der Waals surface area contributed by atoms with E-state index in [2.05, 4.69) is 15.5 Å². The first-order valence-electron chi connectivity index (χ1n) is 5.56. The largest absolute Gasteiger partial charge is 0.481 e. The van der Waals surface area contributed by atoms with Crippen molar-refractivity contribution in [2.24, 2.45) is 0 Å². The van der Waals surface area contributed by atoms with Crippen LogP contribution in [0, 0.1) is 6.92 Å². The number of amides is 2. The Labute approximate surface area is 104 Å². The Balaban J connectivity index is 2.39. The molecule has 8 heteroatoms. The van der Waals surface area contributed by atoms with E-state index >= 15 is 0 Å². The van der Waals surface area contributed by atoms with E-state index in [1.807, 2.05) is 0 Å². The van der Waals surface area contributed by atoms with Crippen molar-refractivity contribution in [1.29, 1.82) is 0 Å². The standard InChI is InChI=1S/C10H16N4O4/c1-3-14(5-4-9(15)16)10(17)11-6-8-12-7(2)18-13-8/h3-6H2,1-2H3,(H,11,17)(H,15,16). The van der Waals surface area contributed by atoms with Crippen molar-refractivity contribution < 1.29 is 19.2 Å². The number of carboxylic acid groups (broad SMARTS) is 1. The number of hydrogen-bond acceptors (Lipinski definition) is 5. The lowest BCUT2D eigenvalue weighted by Crippen LogP contribution is -2.40. The molecule has 0 saturated heterocycles. The van der Waals surface area contributed by atoms with Gasteiger partial charge >= 0.3 is 12.0 Å². The first kappa shape index (κ1) is 13.9. The number of hydrogen-bond donors (Lipinski definition) is 2. The highest BCUT2D eigenvalue weighted by Crippen LogP contribution is 1.96. The van der Waals surface area contributed by atoms with Crippen LogP contribution in [0.3, 0.4) is 0 Å². The number of carbonyl (C=O) groups excluding carboxylic acids is 1. The zero-order chi connectivity index (χ0) is 13.5. The maximum atomic E-state index is 11.7. The highest BCUT2D eigenvalue weighted by molar-refractivity contribution is 5.75. The summed E-state index contributed by atoms with van der Waals surface area (Å²) in [6, 6.07) is -0.346. The van der Waals surface area contributed by atoms with Gasteiger partial charge in [-0.1, -0.05) is 5.16 Å². The van der Waals surface area contributed by atoms with Crippen LogP contribution in [-0.4, -0.2) is 45.2 Å². The van der Waals surface area contributed by atoms with Gasteiger partial charge in [-0.25, -0.2) is 4.79 Å². The number of aliphatic carboxylic acids is 1. The van der Waals surface area contributed by atoms with E-state index in [0.29, 0.717) is 18.3 Å². The Bertz CT molecular complexity index is 418. The smallest absolute Gasteiger partial charge is 0.317 e. The normalized spacial score (nSPS) is 10.1. The van der Waals surface area contributed by atoms with Gasteiger partial charge in [0.25, 0.3) is 0 Å². The van der Waals surface area contributed by atoms with E-state index in [0.717, 1.165) is 0 Å². The quantitative estimate of drug-likeness (QED) is 0.761. The number of nitrogens with one attached hydrogen (secondary N) is 1. The molecule has 0 aliphatic heterocycles. The maximum Gasteiger partial charge on any atom is 0.317 e. The Morgan fingerprint density at radius 3 is 2.72 bits per heavy atom. The minimum atomic E-state index is -0.935. The lowest BCUT2D eigenvalue weighted by Gasteiger charge is -2.19. The second-order valence-corrected chi connectivity index (χ2v) is 3.61. The molecule has 8 nitrogen and oxygen atoms in total. The van der Waals surface area contributed by atoms with Gasteiger partial charge in [0.2, 0.25) is 5.89 Å². The van der Waals surface area contributed by atoms with Crippen molar-refractivity contribution in [2.75, 3.05) is 13.1 Å². The lowest BCUT2D eigenvalue weighted by molar-refractivity contribution is -0.137. The van der Waals surface area contributed by atoms with E-state index < -0.39 is 5.97 Å². The molecule has 0 bridgehead atoms. The summed E-state index contributed by atoms with van der Waals surface area (Å²) in [4.78, 5) is 27.5. The average Bonchev–Trinajstić information content (AvgIpc) is 2.73. The van der Waals surface area contributed by atoms with Crippen LogP contribution in [-0.2, 0) is 11.3 Å². The van der Waals surface area contributed by atoms with Gasteiger partial charge in [0, 0.05) is 20.0 Å². The predicted molar refractivity (Wildman–Crippen MR) is 60.8 cm³/mol. The van der Waals surface area contributed by atoms with Gasteiger partial charge in [-0.3, -0.25) is 4.79 Å². The molecule has 0 atom stereocenters. The van der Waals surface area contributed by atoms with E-state index in [-0.39, 0.29) is 25.5 Å². The summed E-state index contributed by atoms with van der Waals surface area (Å²) in [6.07, 6.45) is -0.0808. The molecule has 2 N–H and O–H groups in total. The number of carbonyl (C=O) groups is 2. The second kappa shape index (κ2) is 6.58. The number of carboxylic acids is 1. The summed E-state index contributed by atoms with van der Waals surface area (Å²) in [6.45, 7) is 4.19. The van der Waals surface area contributed by atoms with Crippen LogP contribution in [0.5, 0.6) is 0 Å². The first-order valence-corrected chi connectivity index (χ1v) is 5.56. The summed E-state index contributed by atoms with van der Waals surface area (Å²) in [7, 11) is 0. The molecule has 0 spiro atoms. The molecular formula is C10H16N4O4. The third-order valence-corrected chi connectivity index (χ3v) is 2.23. The fourth-order valence-corrected chi connectivity index (χ4v) is 1.31. The summed E-state index contributed by atoms with van der Waals surface area (Å²) in [5.41, 5.74) is 0. The predicted octanol–water partition coefficient (Wildman–Crippen LogP) is 0.384. The maximum absolute atomic E-state index is 11.7. The molecule has 0 aliphatic carbocycles. The Hall–Kier alpha value is -2.12. The number of urea groups is 1. The van der Waals surface area contributed by atoms with Crippen molar-refractivity contribution in [3.63, 3.8) is 0 Å². The SMILES string of the molecule is CCN(CCC(=O)O)C(=O)NCc1noc(C)n1. The van der Waals surface area contributed by atoms with E-state index in [1.54, 1.807) is 13.8 Å². The fourth-order valence-electron chi connectivity index (χ4n) is 1.31. The highest BCUT2D eigenvalue weighted by Gasteiger charge is 2.13. The van der Waals surface area contributed by atoms with Gasteiger partial charge in [-0.2, -0.15) is 4.98 Å². The number of nitrogens with zero attached hydrogens (tertiary/aromatic N) is 3. The van der Waals surface area contributed by atoms with Gasteiger partial charge < -0.3 is 19.8 Å². The molecule has 18 heavy (non-hydrogen) atoms. The van der Waals surface area contributed by atoms with Crippen molar-refractivity contribution >= 4 is 12.0 Å². The van der Waals surface area contributed by atoms with Crippen LogP contribution < -0.4 is 5.32 Å². The summed E-state index contributed by atoms with van der Waals surface area (Å²) >= 11 is 0. The van der Waals surface area contributed by atoms with Crippen molar-refractivity contribution in [1.82, 2.24) is 20.4 Å². The second-order valence-electron chi connectivity index (χ2n) is 3.61. The molecule has 0 fully saturated rings. The van der Waals surface area contributed by atoms with Gasteiger partial charge in [0.1, 0.15) is 0 Å². The Morgan fingerprint density at radius 2 is 2.22 bits per heavy atom. The van der Waals surface area contributed by atoms with Crippen LogP contribution in [0.15, 0.2) is 4.52 Å². The molecule has 1 heterocycles. The van der Waals surface area contributed by atoms with Crippen LogP contribution in [0.2, 0.25) is 0 Å². The van der Waals surface area contributed by atoms with Gasteiger partial charge in [-0.05, 0) is 6.92 Å². The van der Waals surface area contributed by atoms with Crippen molar-refractivity contribution in [2.45, 2.75) is 26.8 Å². The molecule has 0 saturated carbocycles. The number of aromatic nitrogens is 2. The molecule has 0 aliphatic rings. The third-order valence-electron chi connectivity index (χ3n) is 2.23. The van der Waals surface area contributed by atoms with E-state index in [9.17, 15) is 9.59 Å². The molecule has 100 valence electrons. The number of aryl methyl sites for hydroxylation is 1. The highest BCUT2D eigenvalue weighted by atomic mass is 16.5.